The van der Waals surface area contributed by atoms with Crippen LogP contribution >= 0.6 is 11.8 Å². The third-order valence-corrected chi connectivity index (χ3v) is 6.77. The molecule has 2 heterocycles. The molecule has 0 saturated carbocycles. The van der Waals surface area contributed by atoms with Crippen molar-refractivity contribution in [2.24, 2.45) is 4.99 Å². The second kappa shape index (κ2) is 8.00. The molecule has 1 aliphatic rings. The molecule has 1 aliphatic heterocycles. The Morgan fingerprint density at radius 1 is 1.32 bits per heavy atom. The summed E-state index contributed by atoms with van der Waals surface area (Å²) in [6.45, 7) is 2.08. The van der Waals surface area contributed by atoms with E-state index < -0.39 is 15.5 Å². The lowest BCUT2D eigenvalue weighted by molar-refractivity contribution is 0.408. The van der Waals surface area contributed by atoms with Crippen molar-refractivity contribution in [2.45, 2.75) is 23.5 Å². The van der Waals surface area contributed by atoms with Crippen LogP contribution in [0, 0.1) is 6.92 Å². The van der Waals surface area contributed by atoms with Gasteiger partial charge in [-0.3, -0.25) is 4.99 Å². The van der Waals surface area contributed by atoms with Crippen LogP contribution in [0.25, 0.3) is 0 Å². The molecule has 0 amide bonds. The minimum Gasteiger partial charge on any atom is -0.507 e. The normalized spacial score (nSPS) is 17.7. The van der Waals surface area contributed by atoms with Crippen LogP contribution in [0.3, 0.4) is 0 Å². The molecule has 0 aliphatic carbocycles. The maximum Gasteiger partial charge on any atom is 0.348 e. The largest absolute Gasteiger partial charge is 0.507 e. The fourth-order valence-electron chi connectivity index (χ4n) is 3.11. The van der Waals surface area contributed by atoms with Crippen LogP contribution in [0.5, 0.6) is 11.5 Å². The maximum absolute atomic E-state index is 12.3. The van der Waals surface area contributed by atoms with E-state index in [2.05, 4.69) is 4.99 Å². The average Bonchev–Trinajstić information content (AvgIpc) is 2.85. The summed E-state index contributed by atoms with van der Waals surface area (Å²) in [5.74, 6) is 1.34. The summed E-state index contributed by atoms with van der Waals surface area (Å²) in [5, 5.41) is 10.1. The Balaban J connectivity index is 2.01. The molecule has 0 saturated heterocycles. The number of aliphatic imine (C=N–C) groups is 1. The molecule has 3 rings (SSSR count). The highest BCUT2D eigenvalue weighted by Crippen LogP contribution is 2.41. The predicted octanol–water partition coefficient (Wildman–Crippen LogP) is 2.73. The highest BCUT2D eigenvalue weighted by Gasteiger charge is 2.26. The summed E-state index contributed by atoms with van der Waals surface area (Å²) in [6, 6.07) is 6.18. The van der Waals surface area contributed by atoms with Crippen molar-refractivity contribution in [3.8, 4) is 11.5 Å². The molecule has 0 fully saturated rings. The van der Waals surface area contributed by atoms with Gasteiger partial charge in [-0.2, -0.15) is 11.8 Å². The number of thioether (sulfide) groups is 1. The lowest BCUT2D eigenvalue weighted by Crippen LogP contribution is -2.17. The van der Waals surface area contributed by atoms with Crippen molar-refractivity contribution >= 4 is 27.3 Å². The number of nitrogens with zero attached hydrogens (tertiary/aromatic N) is 1. The molecule has 1 aromatic heterocycles. The van der Waals surface area contributed by atoms with E-state index in [1.165, 1.54) is 19.2 Å². The van der Waals surface area contributed by atoms with Gasteiger partial charge in [-0.25, -0.2) is 13.2 Å². The summed E-state index contributed by atoms with van der Waals surface area (Å²) in [4.78, 5) is 16.9. The molecule has 0 radical (unpaired) electrons. The van der Waals surface area contributed by atoms with E-state index in [1.807, 2.05) is 0 Å². The topological polar surface area (TPSA) is 106 Å². The maximum atomic E-state index is 12.3. The molecular formula is C19H21NO6S2. The monoisotopic (exact) mass is 423 g/mol. The zero-order chi connectivity index (χ0) is 20.5. The van der Waals surface area contributed by atoms with E-state index >= 15 is 0 Å². The first-order chi connectivity index (χ1) is 13.2. The highest BCUT2D eigenvalue weighted by molar-refractivity contribution is 7.99. The Morgan fingerprint density at radius 2 is 2.07 bits per heavy atom. The molecule has 1 aromatic carbocycles. The van der Waals surface area contributed by atoms with Crippen LogP contribution in [0.15, 0.2) is 43.4 Å². The summed E-state index contributed by atoms with van der Waals surface area (Å²) < 4.78 is 34.2. The van der Waals surface area contributed by atoms with Gasteiger partial charge in [0.25, 0.3) is 0 Å². The standard InChI is InChI=1S/C19H21NO6S2/c1-11-8-15(21)18(19(22)26-11)14-10-17(27-7-6-20-14)13-5-4-12(28(3,23)24)9-16(13)25-2/h4-5,8-9,17,21H,6-7,10H2,1-3H3. The van der Waals surface area contributed by atoms with Crippen molar-refractivity contribution < 1.29 is 22.7 Å². The lowest BCUT2D eigenvalue weighted by atomic mass is 10.0. The third kappa shape index (κ3) is 4.25. The molecule has 28 heavy (non-hydrogen) atoms. The number of sulfone groups is 1. The van der Waals surface area contributed by atoms with E-state index in [9.17, 15) is 18.3 Å². The van der Waals surface area contributed by atoms with Crippen LogP contribution in [-0.4, -0.2) is 44.9 Å². The Morgan fingerprint density at radius 3 is 2.71 bits per heavy atom. The van der Waals surface area contributed by atoms with E-state index in [0.717, 1.165) is 11.8 Å². The molecule has 0 bridgehead atoms. The van der Waals surface area contributed by atoms with Crippen molar-refractivity contribution in [1.29, 1.82) is 0 Å². The van der Waals surface area contributed by atoms with Crippen LogP contribution in [0.4, 0.5) is 0 Å². The third-order valence-electron chi connectivity index (χ3n) is 4.41. The number of benzene rings is 1. The van der Waals surface area contributed by atoms with Gasteiger partial charge in [0.05, 0.1) is 17.7 Å². The fourth-order valence-corrected chi connectivity index (χ4v) is 4.87. The molecule has 0 spiro atoms. The summed E-state index contributed by atoms with van der Waals surface area (Å²) in [5.41, 5.74) is 0.729. The predicted molar refractivity (Wildman–Crippen MR) is 109 cm³/mol. The van der Waals surface area contributed by atoms with E-state index in [0.29, 0.717) is 35.9 Å². The summed E-state index contributed by atoms with van der Waals surface area (Å²) in [7, 11) is -1.87. The Hall–Kier alpha value is -2.26. The molecule has 2 aromatic rings. The van der Waals surface area contributed by atoms with Gasteiger partial charge in [0, 0.05) is 41.9 Å². The van der Waals surface area contributed by atoms with Crippen LogP contribution in [-0.2, 0) is 9.84 Å². The van der Waals surface area contributed by atoms with Gasteiger partial charge in [-0.15, -0.1) is 0 Å². The molecular weight excluding hydrogens is 402 g/mol. The van der Waals surface area contributed by atoms with Gasteiger partial charge in [0.2, 0.25) is 0 Å². The molecule has 1 atom stereocenters. The number of hydrogen-bond acceptors (Lipinski definition) is 8. The summed E-state index contributed by atoms with van der Waals surface area (Å²) >= 11 is 1.63. The number of methoxy groups -OCH3 is 1. The Kier molecular flexibility index (Phi) is 5.85. The smallest absolute Gasteiger partial charge is 0.348 e. The van der Waals surface area contributed by atoms with E-state index in [4.69, 9.17) is 9.15 Å². The van der Waals surface area contributed by atoms with Crippen LogP contribution < -0.4 is 10.4 Å². The molecule has 1 N–H and O–H groups in total. The fraction of sp³-hybridized carbons (Fsp3) is 0.368. The van der Waals surface area contributed by atoms with Crippen molar-refractivity contribution in [3.05, 3.63) is 51.6 Å². The van der Waals surface area contributed by atoms with E-state index in [-0.39, 0.29) is 21.5 Å². The highest BCUT2D eigenvalue weighted by atomic mass is 32.2. The number of aromatic hydroxyl groups is 1. The number of aryl methyl sites for hydroxylation is 1. The van der Waals surface area contributed by atoms with Gasteiger partial charge in [0.15, 0.2) is 9.84 Å². The zero-order valence-corrected chi connectivity index (χ0v) is 17.4. The second-order valence-corrected chi connectivity index (χ2v) is 9.80. The molecule has 1 unspecified atom stereocenters. The first-order valence-corrected chi connectivity index (χ1v) is 11.5. The van der Waals surface area contributed by atoms with Gasteiger partial charge < -0.3 is 14.3 Å². The molecule has 9 heteroatoms. The van der Waals surface area contributed by atoms with Crippen molar-refractivity contribution in [1.82, 2.24) is 0 Å². The first kappa shape index (κ1) is 20.5. The quantitative estimate of drug-likeness (QED) is 0.806. The molecule has 7 nitrogen and oxygen atoms in total. The number of hydrogen-bond donors (Lipinski definition) is 1. The zero-order valence-electron chi connectivity index (χ0n) is 15.8. The van der Waals surface area contributed by atoms with Gasteiger partial charge in [-0.05, 0) is 19.1 Å². The minimum absolute atomic E-state index is 0.0739. The summed E-state index contributed by atoms with van der Waals surface area (Å²) in [6.07, 6.45) is 1.52. The number of ether oxygens (including phenoxy) is 1. The van der Waals surface area contributed by atoms with Crippen molar-refractivity contribution in [2.75, 3.05) is 25.7 Å². The Bertz CT molecular complexity index is 1090. The van der Waals surface area contributed by atoms with Gasteiger partial charge >= 0.3 is 5.63 Å². The number of rotatable bonds is 4. The van der Waals surface area contributed by atoms with E-state index in [1.54, 1.807) is 30.8 Å². The van der Waals surface area contributed by atoms with Gasteiger partial charge in [-0.1, -0.05) is 6.07 Å². The van der Waals surface area contributed by atoms with Crippen LogP contribution in [0.1, 0.15) is 28.6 Å². The van der Waals surface area contributed by atoms with Crippen molar-refractivity contribution in [3.63, 3.8) is 0 Å². The second-order valence-electron chi connectivity index (χ2n) is 6.47. The first-order valence-electron chi connectivity index (χ1n) is 8.57. The van der Waals surface area contributed by atoms with Crippen LogP contribution in [0.2, 0.25) is 0 Å². The molecule has 150 valence electrons. The SMILES string of the molecule is COc1cc(S(C)(=O)=O)ccc1C1CC(c2c(O)cc(C)oc2=O)=NCCS1. The van der Waals surface area contributed by atoms with Gasteiger partial charge in [0.1, 0.15) is 22.8 Å². The average molecular weight is 424 g/mol. The minimum atomic E-state index is -3.36. The Labute approximate surface area is 167 Å². The lowest BCUT2D eigenvalue weighted by Gasteiger charge is -2.19.